The Kier molecular flexibility index (Phi) is 2.97. The average Bonchev–Trinajstić information content (AvgIpc) is 2.92. The lowest BCUT2D eigenvalue weighted by molar-refractivity contribution is 0.637. The van der Waals surface area contributed by atoms with Crippen LogP contribution in [0.2, 0.25) is 0 Å². The molecule has 2 aromatic heterocycles. The first-order chi connectivity index (χ1) is 9.33. The Morgan fingerprint density at radius 2 is 2.21 bits per heavy atom. The number of benzene rings is 1. The van der Waals surface area contributed by atoms with Crippen molar-refractivity contribution in [2.24, 2.45) is 0 Å². The third-order valence-electron chi connectivity index (χ3n) is 2.85. The maximum Gasteiger partial charge on any atom is 0.137 e. The van der Waals surface area contributed by atoms with Crippen molar-refractivity contribution in [3.8, 4) is 0 Å². The summed E-state index contributed by atoms with van der Waals surface area (Å²) in [6.45, 7) is 1.53. The van der Waals surface area contributed by atoms with E-state index in [1.54, 1.807) is 6.20 Å². The summed E-state index contributed by atoms with van der Waals surface area (Å²) in [6.07, 6.45) is 5.24. The molecule has 0 spiro atoms. The second kappa shape index (κ2) is 4.93. The number of rotatable bonds is 4. The lowest BCUT2D eigenvalue weighted by atomic mass is 10.2. The highest BCUT2D eigenvalue weighted by Crippen LogP contribution is 2.20. The fourth-order valence-corrected chi connectivity index (χ4v) is 1.94. The van der Waals surface area contributed by atoms with Gasteiger partial charge in [0.25, 0.3) is 0 Å². The highest BCUT2D eigenvalue weighted by Gasteiger charge is 2.03. The van der Waals surface area contributed by atoms with Gasteiger partial charge in [-0.15, -0.1) is 0 Å². The van der Waals surface area contributed by atoms with E-state index in [4.69, 9.17) is 5.73 Å². The molecule has 6 nitrogen and oxygen atoms in total. The fourth-order valence-electron chi connectivity index (χ4n) is 1.94. The summed E-state index contributed by atoms with van der Waals surface area (Å²) in [4.78, 5) is 8.47. The van der Waals surface area contributed by atoms with Crippen LogP contribution >= 0.6 is 0 Å². The molecular formula is C13H14N6. The number of nitrogens with one attached hydrogen (secondary N) is 1. The van der Waals surface area contributed by atoms with Gasteiger partial charge in [-0.25, -0.2) is 9.97 Å². The molecule has 96 valence electrons. The van der Waals surface area contributed by atoms with E-state index in [0.717, 1.165) is 29.8 Å². The molecule has 3 aromatic rings. The first-order valence-electron chi connectivity index (χ1n) is 6.04. The lowest BCUT2D eigenvalue weighted by Gasteiger charge is -2.08. The zero-order chi connectivity index (χ0) is 13.1. The summed E-state index contributed by atoms with van der Waals surface area (Å²) < 4.78 is 1.87. The second-order valence-corrected chi connectivity index (χ2v) is 4.19. The van der Waals surface area contributed by atoms with Gasteiger partial charge in [0.1, 0.15) is 12.1 Å². The van der Waals surface area contributed by atoms with Gasteiger partial charge in [-0.05, 0) is 24.3 Å². The zero-order valence-electron chi connectivity index (χ0n) is 10.3. The largest absolute Gasteiger partial charge is 0.399 e. The Morgan fingerprint density at radius 3 is 3.05 bits per heavy atom. The first kappa shape index (κ1) is 11.5. The van der Waals surface area contributed by atoms with Crippen LogP contribution in [-0.4, -0.2) is 26.3 Å². The average molecular weight is 254 g/mol. The second-order valence-electron chi connectivity index (χ2n) is 4.19. The summed E-state index contributed by atoms with van der Waals surface area (Å²) in [5.41, 5.74) is 7.29. The van der Waals surface area contributed by atoms with Crippen molar-refractivity contribution < 1.29 is 0 Å². The van der Waals surface area contributed by atoms with Crippen molar-refractivity contribution in [1.29, 1.82) is 0 Å². The molecule has 0 radical (unpaired) electrons. The number of aromatic nitrogens is 4. The minimum Gasteiger partial charge on any atom is -0.399 e. The van der Waals surface area contributed by atoms with Gasteiger partial charge in [-0.2, -0.15) is 5.10 Å². The Labute approximate surface area is 110 Å². The number of fused-ring (bicyclic) bond motifs is 1. The van der Waals surface area contributed by atoms with Crippen molar-refractivity contribution >= 4 is 22.4 Å². The van der Waals surface area contributed by atoms with E-state index in [2.05, 4.69) is 20.4 Å². The van der Waals surface area contributed by atoms with Crippen LogP contribution in [0.4, 0.5) is 11.5 Å². The van der Waals surface area contributed by atoms with Gasteiger partial charge >= 0.3 is 0 Å². The SMILES string of the molecule is Nc1ccc2c(NCCn3cccn3)ncnc2c1. The number of nitrogens with two attached hydrogens (primary N) is 1. The summed E-state index contributed by atoms with van der Waals surface area (Å²) in [5.74, 6) is 0.817. The predicted molar refractivity (Wildman–Crippen MR) is 74.7 cm³/mol. The van der Waals surface area contributed by atoms with Gasteiger partial charge in [-0.3, -0.25) is 4.68 Å². The Balaban J connectivity index is 1.77. The molecule has 0 fully saturated rings. The molecular weight excluding hydrogens is 240 g/mol. The zero-order valence-corrected chi connectivity index (χ0v) is 10.3. The molecule has 6 heteroatoms. The molecule has 19 heavy (non-hydrogen) atoms. The van der Waals surface area contributed by atoms with E-state index in [-0.39, 0.29) is 0 Å². The number of hydrogen-bond acceptors (Lipinski definition) is 5. The number of anilines is 2. The standard InChI is InChI=1S/C13H14N6/c14-10-2-3-11-12(8-10)16-9-17-13(11)15-5-7-19-6-1-4-18-19/h1-4,6,8-9H,5,7,14H2,(H,15,16,17). The summed E-state index contributed by atoms with van der Waals surface area (Å²) in [5, 5.41) is 8.41. The minimum absolute atomic E-state index is 0.702. The Bertz CT molecular complexity index is 677. The van der Waals surface area contributed by atoms with Crippen LogP contribution in [0, 0.1) is 0 Å². The topological polar surface area (TPSA) is 81.6 Å². The summed E-state index contributed by atoms with van der Waals surface area (Å²) in [6, 6.07) is 7.53. The molecule has 0 aliphatic heterocycles. The molecule has 0 saturated heterocycles. The molecule has 0 unspecified atom stereocenters. The maximum atomic E-state index is 5.75. The molecule has 0 bridgehead atoms. The van der Waals surface area contributed by atoms with Crippen LogP contribution in [0.3, 0.4) is 0 Å². The van der Waals surface area contributed by atoms with E-state index < -0.39 is 0 Å². The van der Waals surface area contributed by atoms with E-state index in [0.29, 0.717) is 5.69 Å². The maximum absolute atomic E-state index is 5.75. The van der Waals surface area contributed by atoms with Crippen molar-refractivity contribution in [2.75, 3.05) is 17.6 Å². The monoisotopic (exact) mass is 254 g/mol. The Morgan fingerprint density at radius 1 is 1.26 bits per heavy atom. The van der Waals surface area contributed by atoms with Crippen molar-refractivity contribution in [1.82, 2.24) is 19.7 Å². The molecule has 0 aliphatic carbocycles. The van der Waals surface area contributed by atoms with E-state index in [1.807, 2.05) is 35.1 Å². The fraction of sp³-hybridized carbons (Fsp3) is 0.154. The molecule has 1 aromatic carbocycles. The highest BCUT2D eigenvalue weighted by molar-refractivity contribution is 5.90. The molecule has 0 amide bonds. The summed E-state index contributed by atoms with van der Waals surface area (Å²) >= 11 is 0. The van der Waals surface area contributed by atoms with Gasteiger partial charge in [0.2, 0.25) is 0 Å². The lowest BCUT2D eigenvalue weighted by Crippen LogP contribution is -2.12. The van der Waals surface area contributed by atoms with Crippen LogP contribution in [0.5, 0.6) is 0 Å². The molecule has 0 atom stereocenters. The van der Waals surface area contributed by atoms with Gasteiger partial charge in [0.15, 0.2) is 0 Å². The van der Waals surface area contributed by atoms with Crippen LogP contribution < -0.4 is 11.1 Å². The van der Waals surface area contributed by atoms with E-state index in [1.165, 1.54) is 6.33 Å². The van der Waals surface area contributed by atoms with Crippen LogP contribution in [-0.2, 0) is 6.54 Å². The molecule has 2 heterocycles. The minimum atomic E-state index is 0.702. The summed E-state index contributed by atoms with van der Waals surface area (Å²) in [7, 11) is 0. The van der Waals surface area contributed by atoms with Gasteiger partial charge in [0, 0.05) is 30.0 Å². The first-order valence-corrected chi connectivity index (χ1v) is 6.04. The third-order valence-corrected chi connectivity index (χ3v) is 2.85. The van der Waals surface area contributed by atoms with Crippen molar-refractivity contribution in [3.63, 3.8) is 0 Å². The van der Waals surface area contributed by atoms with Gasteiger partial charge in [-0.1, -0.05) is 0 Å². The smallest absolute Gasteiger partial charge is 0.137 e. The highest BCUT2D eigenvalue weighted by atomic mass is 15.3. The van der Waals surface area contributed by atoms with E-state index in [9.17, 15) is 0 Å². The van der Waals surface area contributed by atoms with Crippen LogP contribution in [0.1, 0.15) is 0 Å². The molecule has 3 rings (SSSR count). The van der Waals surface area contributed by atoms with Crippen LogP contribution in [0.15, 0.2) is 43.0 Å². The van der Waals surface area contributed by atoms with Gasteiger partial charge in [0.05, 0.1) is 12.1 Å². The number of hydrogen-bond donors (Lipinski definition) is 2. The quantitative estimate of drug-likeness (QED) is 0.690. The molecule has 3 N–H and O–H groups in total. The Hall–Kier alpha value is -2.63. The molecule has 0 aliphatic rings. The molecule has 0 saturated carbocycles. The van der Waals surface area contributed by atoms with Crippen molar-refractivity contribution in [2.45, 2.75) is 6.54 Å². The van der Waals surface area contributed by atoms with Crippen molar-refractivity contribution in [3.05, 3.63) is 43.0 Å². The number of nitrogens with zero attached hydrogens (tertiary/aromatic N) is 4. The van der Waals surface area contributed by atoms with Gasteiger partial charge < -0.3 is 11.1 Å². The number of nitrogen functional groups attached to an aromatic ring is 1. The van der Waals surface area contributed by atoms with Crippen LogP contribution in [0.25, 0.3) is 10.9 Å². The normalized spacial score (nSPS) is 10.7. The van der Waals surface area contributed by atoms with E-state index >= 15 is 0 Å². The third kappa shape index (κ3) is 2.47. The predicted octanol–water partition coefficient (Wildman–Crippen LogP) is 1.52.